The molecule has 1 aliphatic carbocycles. The topological polar surface area (TPSA) is 69.5 Å². The van der Waals surface area contributed by atoms with Gasteiger partial charge in [-0.2, -0.15) is 13.2 Å². The van der Waals surface area contributed by atoms with Crippen LogP contribution < -0.4 is 5.32 Å². The van der Waals surface area contributed by atoms with Gasteiger partial charge in [-0.3, -0.25) is 10.8 Å². The number of nitrogens with zero attached hydrogens (tertiary/aromatic N) is 3. The van der Waals surface area contributed by atoms with Gasteiger partial charge >= 0.3 is 6.18 Å². The SMILES string of the molecule is N=C1NC[C@H](CCCCN2C[C@@H](Cc3cccc4ccccc34)N(CCCCC3CCCCC3)C2=N)N1CCc1cccc(C(F)(F)F)c1. The van der Waals surface area contributed by atoms with Crippen molar-refractivity contribution >= 4 is 22.7 Å². The second-order valence-corrected chi connectivity index (χ2v) is 14.5. The van der Waals surface area contributed by atoms with Crippen molar-refractivity contribution in [1.29, 1.82) is 10.8 Å². The fourth-order valence-corrected chi connectivity index (χ4v) is 8.37. The van der Waals surface area contributed by atoms with Gasteiger partial charge in [-0.25, -0.2) is 0 Å². The highest BCUT2D eigenvalue weighted by atomic mass is 19.4. The molecule has 2 saturated heterocycles. The van der Waals surface area contributed by atoms with Crippen LogP contribution in [0.3, 0.4) is 0 Å². The summed E-state index contributed by atoms with van der Waals surface area (Å²) in [4.78, 5) is 6.66. The van der Waals surface area contributed by atoms with Crippen molar-refractivity contribution in [1.82, 2.24) is 20.0 Å². The number of benzene rings is 3. The van der Waals surface area contributed by atoms with Gasteiger partial charge in [-0.15, -0.1) is 0 Å². The van der Waals surface area contributed by atoms with Gasteiger partial charge in [-0.1, -0.05) is 106 Å². The van der Waals surface area contributed by atoms with Crippen molar-refractivity contribution in [3.8, 4) is 0 Å². The van der Waals surface area contributed by atoms with Crippen LogP contribution in [-0.2, 0) is 19.0 Å². The van der Waals surface area contributed by atoms with Gasteiger partial charge in [0.2, 0.25) is 0 Å². The third kappa shape index (κ3) is 9.08. The molecule has 0 radical (unpaired) electrons. The van der Waals surface area contributed by atoms with Crippen LogP contribution in [0, 0.1) is 16.7 Å². The summed E-state index contributed by atoms with van der Waals surface area (Å²) in [6, 6.07) is 21.1. The average molecular weight is 675 g/mol. The number of nitrogens with one attached hydrogen (secondary N) is 3. The highest BCUT2D eigenvalue weighted by Crippen LogP contribution is 2.31. The maximum atomic E-state index is 13.2. The Bertz CT molecular complexity index is 1550. The fourth-order valence-electron chi connectivity index (χ4n) is 8.37. The highest BCUT2D eigenvalue weighted by molar-refractivity contribution is 5.86. The number of rotatable bonds is 15. The van der Waals surface area contributed by atoms with Crippen LogP contribution >= 0.6 is 0 Å². The van der Waals surface area contributed by atoms with E-state index in [9.17, 15) is 18.6 Å². The molecule has 49 heavy (non-hydrogen) atoms. The zero-order chi connectivity index (χ0) is 34.2. The summed E-state index contributed by atoms with van der Waals surface area (Å²) >= 11 is 0. The van der Waals surface area contributed by atoms with E-state index in [4.69, 9.17) is 5.41 Å². The minimum atomic E-state index is -4.35. The number of fused-ring (bicyclic) bond motifs is 1. The molecule has 6 rings (SSSR count). The lowest BCUT2D eigenvalue weighted by Crippen LogP contribution is -2.37. The van der Waals surface area contributed by atoms with Crippen molar-refractivity contribution < 1.29 is 13.2 Å². The van der Waals surface area contributed by atoms with E-state index >= 15 is 0 Å². The van der Waals surface area contributed by atoms with E-state index in [1.807, 2.05) is 4.90 Å². The number of unbranched alkanes of at least 4 members (excludes halogenated alkanes) is 2. The van der Waals surface area contributed by atoms with E-state index in [0.717, 1.165) is 63.7 Å². The summed E-state index contributed by atoms with van der Waals surface area (Å²) in [6.07, 6.45) is 10.5. The molecule has 2 aliphatic heterocycles. The van der Waals surface area contributed by atoms with E-state index < -0.39 is 11.7 Å². The Balaban J connectivity index is 1.02. The van der Waals surface area contributed by atoms with Crippen LogP contribution in [0.2, 0.25) is 0 Å². The summed E-state index contributed by atoms with van der Waals surface area (Å²) in [5.74, 6) is 1.91. The predicted molar refractivity (Wildman–Crippen MR) is 193 cm³/mol. The first-order valence-corrected chi connectivity index (χ1v) is 18.6. The number of hydrogen-bond acceptors (Lipinski definition) is 2. The normalized spacial score (nSPS) is 20.5. The molecule has 3 N–H and O–H groups in total. The molecule has 0 aromatic heterocycles. The molecule has 0 amide bonds. The second-order valence-electron chi connectivity index (χ2n) is 14.5. The van der Waals surface area contributed by atoms with Crippen LogP contribution in [0.5, 0.6) is 0 Å². The maximum Gasteiger partial charge on any atom is 0.416 e. The Morgan fingerprint density at radius 1 is 0.755 bits per heavy atom. The fraction of sp³-hybridized carbons (Fsp3) is 0.550. The molecule has 0 unspecified atom stereocenters. The van der Waals surface area contributed by atoms with Gasteiger partial charge in [0.25, 0.3) is 0 Å². The predicted octanol–water partition coefficient (Wildman–Crippen LogP) is 8.69. The Morgan fingerprint density at radius 3 is 2.35 bits per heavy atom. The third-order valence-electron chi connectivity index (χ3n) is 11.1. The number of hydrogen-bond donors (Lipinski definition) is 3. The van der Waals surface area contributed by atoms with Gasteiger partial charge < -0.3 is 20.0 Å². The summed E-state index contributed by atoms with van der Waals surface area (Å²) in [5, 5.41) is 23.4. The first-order chi connectivity index (χ1) is 23.8. The quantitative estimate of drug-likeness (QED) is 0.141. The molecule has 3 aromatic rings. The number of guanidine groups is 2. The number of alkyl halides is 3. The monoisotopic (exact) mass is 674 g/mol. The summed E-state index contributed by atoms with van der Waals surface area (Å²) < 4.78 is 39.6. The first kappa shape index (κ1) is 35.1. The zero-order valence-corrected chi connectivity index (χ0v) is 28.8. The Morgan fingerprint density at radius 2 is 1.51 bits per heavy atom. The van der Waals surface area contributed by atoms with E-state index in [0.29, 0.717) is 37.0 Å². The summed E-state index contributed by atoms with van der Waals surface area (Å²) in [6.45, 7) is 3.84. The minimum Gasteiger partial charge on any atom is -0.354 e. The van der Waals surface area contributed by atoms with Crippen LogP contribution in [0.25, 0.3) is 10.8 Å². The first-order valence-electron chi connectivity index (χ1n) is 18.6. The molecule has 9 heteroatoms. The standard InChI is InChI=1S/C40H53F3N6/c41-40(42,43)34-19-10-15-31(26-34)22-25-48-35(28-46-38(48)44)20-7-8-23-47-29-36(27-33-18-11-17-32-16-4-5-21-37(32)33)49(39(47)45)24-9-6-14-30-12-2-1-3-13-30/h4-5,10-11,15-19,21,26,30,35-36,45H,1-3,6-9,12-14,20,22-25,27-29H2,(H2,44,46)/t35-,36+/m0/s1. The Hall–Kier alpha value is -3.75. The molecule has 1 saturated carbocycles. The lowest BCUT2D eigenvalue weighted by Gasteiger charge is -2.27. The largest absolute Gasteiger partial charge is 0.416 e. The van der Waals surface area contributed by atoms with Gasteiger partial charge in [0.05, 0.1) is 11.6 Å². The maximum absolute atomic E-state index is 13.2. The smallest absolute Gasteiger partial charge is 0.354 e. The molecule has 6 nitrogen and oxygen atoms in total. The molecule has 3 fully saturated rings. The lowest BCUT2D eigenvalue weighted by atomic mass is 9.86. The van der Waals surface area contributed by atoms with Crippen LogP contribution in [0.15, 0.2) is 66.7 Å². The number of halogens is 3. The molecule has 2 atom stereocenters. The third-order valence-corrected chi connectivity index (χ3v) is 11.1. The van der Waals surface area contributed by atoms with Crippen molar-refractivity contribution in [3.05, 3.63) is 83.4 Å². The van der Waals surface area contributed by atoms with Crippen LogP contribution in [0.4, 0.5) is 13.2 Å². The van der Waals surface area contributed by atoms with E-state index in [1.54, 1.807) is 6.07 Å². The zero-order valence-electron chi connectivity index (χ0n) is 28.8. The highest BCUT2D eigenvalue weighted by Gasteiger charge is 2.35. The van der Waals surface area contributed by atoms with Crippen molar-refractivity contribution in [2.75, 3.05) is 32.7 Å². The summed E-state index contributed by atoms with van der Waals surface area (Å²) in [7, 11) is 0. The van der Waals surface area contributed by atoms with Crippen LogP contribution in [0.1, 0.15) is 87.3 Å². The van der Waals surface area contributed by atoms with Gasteiger partial charge in [0.15, 0.2) is 11.9 Å². The van der Waals surface area contributed by atoms with Gasteiger partial charge in [0.1, 0.15) is 0 Å². The molecular formula is C40H53F3N6. The van der Waals surface area contributed by atoms with Crippen LogP contribution in [-0.4, -0.2) is 71.4 Å². The van der Waals surface area contributed by atoms with E-state index in [1.165, 1.54) is 73.4 Å². The van der Waals surface area contributed by atoms with Gasteiger partial charge in [-0.05, 0) is 72.4 Å². The molecule has 3 aromatic carbocycles. The summed E-state index contributed by atoms with van der Waals surface area (Å²) in [5.41, 5.74) is 1.37. The minimum absolute atomic E-state index is 0.149. The molecular weight excluding hydrogens is 621 g/mol. The van der Waals surface area contributed by atoms with Crippen molar-refractivity contribution in [2.45, 2.75) is 102 Å². The molecule has 264 valence electrons. The Labute approximate surface area is 290 Å². The van der Waals surface area contributed by atoms with Crippen molar-refractivity contribution in [3.63, 3.8) is 0 Å². The molecule has 2 heterocycles. The molecule has 0 bridgehead atoms. The Kier molecular flexibility index (Phi) is 11.7. The van der Waals surface area contributed by atoms with Gasteiger partial charge in [0, 0.05) is 38.8 Å². The van der Waals surface area contributed by atoms with Crippen molar-refractivity contribution in [2.24, 2.45) is 5.92 Å². The molecule has 0 spiro atoms. The van der Waals surface area contributed by atoms with E-state index in [-0.39, 0.29) is 12.1 Å². The second kappa shape index (κ2) is 16.3. The lowest BCUT2D eigenvalue weighted by molar-refractivity contribution is -0.137. The average Bonchev–Trinajstić information content (AvgIpc) is 3.61. The van der Waals surface area contributed by atoms with E-state index in [2.05, 4.69) is 57.6 Å². The molecule has 3 aliphatic rings.